The molecule has 15 heteroatoms. The molecule has 0 spiro atoms. The molecule has 0 radical (unpaired) electrons. The number of fused-ring (bicyclic) bond motifs is 1. The molecule has 2 aliphatic carbocycles. The predicted molar refractivity (Wildman–Crippen MR) is 76.7 cm³/mol. The van der Waals surface area contributed by atoms with Gasteiger partial charge >= 0.3 is 33.2 Å². The highest BCUT2D eigenvalue weighted by Crippen LogP contribution is 2.58. The second kappa shape index (κ2) is 7.37. The maximum atomic E-state index is 13.4. The minimum atomic E-state index is -6.37. The van der Waals surface area contributed by atoms with Gasteiger partial charge in [0.1, 0.15) is 6.10 Å². The van der Waals surface area contributed by atoms with Crippen LogP contribution in [0.3, 0.4) is 0 Å². The Kier molecular flexibility index (Phi) is 5.98. The Labute approximate surface area is 154 Å². The van der Waals surface area contributed by atoms with Crippen molar-refractivity contribution in [1.29, 1.82) is 0 Å². The topological polar surface area (TPSA) is 168 Å². The zero-order chi connectivity index (χ0) is 21.7. The molecular weight excluding hydrogens is 424 g/mol. The highest BCUT2D eigenvalue weighted by Gasteiger charge is 2.69. The molecule has 3 aliphatic rings. The third-order valence-electron chi connectivity index (χ3n) is 5.26. The summed E-state index contributed by atoms with van der Waals surface area (Å²) in [4.78, 5) is 23.9. The Morgan fingerprint density at radius 1 is 1.21 bits per heavy atom. The van der Waals surface area contributed by atoms with Gasteiger partial charge in [-0.05, 0) is 6.42 Å². The Morgan fingerprint density at radius 2 is 1.79 bits per heavy atom. The molecule has 28 heavy (non-hydrogen) atoms. The van der Waals surface area contributed by atoms with E-state index in [0.29, 0.717) is 6.42 Å². The Bertz CT molecular complexity index is 742. The van der Waals surface area contributed by atoms with E-state index in [2.05, 4.69) is 4.74 Å². The van der Waals surface area contributed by atoms with Crippen LogP contribution < -0.4 is 0 Å². The molecule has 162 valence electrons. The summed E-state index contributed by atoms with van der Waals surface area (Å²) < 4.78 is 91.3. The number of carbonyl (C=O) groups is 2. The number of hydrogen-bond acceptors (Lipinski definition) is 9. The number of aliphatic hydroxyl groups is 1. The van der Waals surface area contributed by atoms with E-state index in [1.54, 1.807) is 0 Å². The predicted octanol–water partition coefficient (Wildman–Crippen LogP) is 0.221. The number of alkyl halides is 4. The molecule has 0 aromatic rings. The zero-order valence-electron chi connectivity index (χ0n) is 13.7. The third kappa shape index (κ3) is 3.34. The summed E-state index contributed by atoms with van der Waals surface area (Å²) in [6.07, 6.45) is -3.39. The van der Waals surface area contributed by atoms with E-state index in [1.807, 2.05) is 0 Å². The first kappa shape index (κ1) is 22.7. The number of hydrogen-bond donors (Lipinski definition) is 4. The van der Waals surface area contributed by atoms with Gasteiger partial charge in [0.05, 0.1) is 31.0 Å². The average Bonchev–Trinajstić information content (AvgIpc) is 3.19. The number of aliphatic hydroxyl groups excluding tert-OH is 1. The molecule has 2 bridgehead atoms. The molecular formula is C13H16F4O10S. The van der Waals surface area contributed by atoms with Crippen molar-refractivity contribution < 1.29 is 65.2 Å². The van der Waals surface area contributed by atoms with Crippen LogP contribution in [0.1, 0.15) is 12.8 Å². The fourth-order valence-corrected chi connectivity index (χ4v) is 4.53. The van der Waals surface area contributed by atoms with E-state index < -0.39 is 82.1 Å². The van der Waals surface area contributed by atoms with Gasteiger partial charge in [0.2, 0.25) is 0 Å². The van der Waals surface area contributed by atoms with Crippen LogP contribution in [0.4, 0.5) is 17.6 Å². The number of rotatable bonds is 6. The Morgan fingerprint density at radius 3 is 2.32 bits per heavy atom. The van der Waals surface area contributed by atoms with Crippen LogP contribution in [0, 0.1) is 23.7 Å². The summed E-state index contributed by atoms with van der Waals surface area (Å²) in [5.74, 6) is -10.1. The molecule has 0 aromatic heterocycles. The first-order valence-electron chi connectivity index (χ1n) is 7.77. The van der Waals surface area contributed by atoms with Gasteiger partial charge in [0.15, 0.2) is 0 Å². The average molecular weight is 440 g/mol. The largest absolute Gasteiger partial charge is 0.465 e. The fourth-order valence-electron chi connectivity index (χ4n) is 4.05. The molecule has 6 unspecified atom stereocenters. The highest BCUT2D eigenvalue weighted by atomic mass is 32.2. The van der Waals surface area contributed by atoms with Gasteiger partial charge in [0.25, 0.3) is 0 Å². The van der Waals surface area contributed by atoms with Crippen LogP contribution in [-0.4, -0.2) is 70.5 Å². The second-order valence-corrected chi connectivity index (χ2v) is 8.08. The van der Waals surface area contributed by atoms with Crippen molar-refractivity contribution in [2.45, 2.75) is 36.2 Å². The molecule has 0 amide bonds. The lowest BCUT2D eigenvalue weighted by Crippen LogP contribution is -2.47. The van der Waals surface area contributed by atoms with E-state index in [1.165, 1.54) is 0 Å². The SMILES string of the molecule is O=C(OCCC(F)(F)C(F)(F)S(=O)(=O)O)C1C2CC3C(OC(=O)C31)C2O.OO. The summed E-state index contributed by atoms with van der Waals surface area (Å²) in [7, 11) is -6.37. The lowest BCUT2D eigenvalue weighted by molar-refractivity contribution is -0.177. The van der Waals surface area contributed by atoms with Crippen molar-refractivity contribution in [3.8, 4) is 0 Å². The lowest BCUT2D eigenvalue weighted by atomic mass is 9.78. The van der Waals surface area contributed by atoms with Gasteiger partial charge in [0, 0.05) is 11.8 Å². The molecule has 4 N–H and O–H groups in total. The van der Waals surface area contributed by atoms with E-state index in [4.69, 9.17) is 19.8 Å². The van der Waals surface area contributed by atoms with Crippen LogP contribution >= 0.6 is 0 Å². The van der Waals surface area contributed by atoms with Gasteiger partial charge in [-0.3, -0.25) is 24.7 Å². The number of esters is 2. The van der Waals surface area contributed by atoms with Crippen molar-refractivity contribution in [2.75, 3.05) is 6.61 Å². The molecule has 10 nitrogen and oxygen atoms in total. The smallest absolute Gasteiger partial charge is 0.431 e. The molecule has 3 fully saturated rings. The van der Waals surface area contributed by atoms with Crippen molar-refractivity contribution in [3.63, 3.8) is 0 Å². The van der Waals surface area contributed by atoms with Crippen LogP contribution in [0.2, 0.25) is 0 Å². The van der Waals surface area contributed by atoms with Gasteiger partial charge in [-0.1, -0.05) is 0 Å². The fraction of sp³-hybridized carbons (Fsp3) is 0.846. The quantitative estimate of drug-likeness (QED) is 0.147. The second-order valence-electron chi connectivity index (χ2n) is 6.62. The number of carbonyl (C=O) groups excluding carboxylic acids is 2. The van der Waals surface area contributed by atoms with Gasteiger partial charge in [-0.15, -0.1) is 0 Å². The van der Waals surface area contributed by atoms with Gasteiger partial charge in [-0.2, -0.15) is 26.0 Å². The Hall–Kier alpha value is -1.55. The maximum Gasteiger partial charge on any atom is 0.431 e. The highest BCUT2D eigenvalue weighted by molar-refractivity contribution is 7.87. The molecule has 3 rings (SSSR count). The normalized spacial score (nSPS) is 33.9. The van der Waals surface area contributed by atoms with E-state index >= 15 is 0 Å². The minimum absolute atomic E-state index is 0.305. The lowest BCUT2D eigenvalue weighted by Gasteiger charge is -2.27. The van der Waals surface area contributed by atoms with Crippen LogP contribution in [0.25, 0.3) is 0 Å². The summed E-state index contributed by atoms with van der Waals surface area (Å²) >= 11 is 0. The monoisotopic (exact) mass is 440 g/mol. The third-order valence-corrected chi connectivity index (χ3v) is 6.20. The van der Waals surface area contributed by atoms with Gasteiger partial charge in [-0.25, -0.2) is 0 Å². The number of halogens is 4. The minimum Gasteiger partial charge on any atom is -0.465 e. The number of ether oxygens (including phenoxy) is 2. The Balaban J connectivity index is 0.00000136. The molecule has 0 aromatic carbocycles. The molecule has 1 heterocycles. The van der Waals surface area contributed by atoms with Crippen LogP contribution in [-0.2, 0) is 29.2 Å². The standard InChI is InChI=1S/C13H14F4O8S.H2O2/c14-12(15,13(16,17)26(21,22)23)1-2-24-10(19)6-4-3-5-7(6)11(20)25-9(5)8(4)18;1-2/h4-9,18H,1-3H2,(H,21,22,23);1-2H. The summed E-state index contributed by atoms with van der Waals surface area (Å²) in [5.41, 5.74) is 0. The van der Waals surface area contributed by atoms with Gasteiger partial charge < -0.3 is 14.6 Å². The zero-order valence-corrected chi connectivity index (χ0v) is 14.6. The molecule has 6 atom stereocenters. The molecule has 1 saturated heterocycles. The van der Waals surface area contributed by atoms with Crippen molar-refractivity contribution in [2.24, 2.45) is 23.7 Å². The van der Waals surface area contributed by atoms with Crippen molar-refractivity contribution in [1.82, 2.24) is 0 Å². The van der Waals surface area contributed by atoms with Crippen molar-refractivity contribution in [3.05, 3.63) is 0 Å². The molecule has 2 saturated carbocycles. The summed E-state index contributed by atoms with van der Waals surface area (Å²) in [6.45, 7) is -1.27. The van der Waals surface area contributed by atoms with Crippen LogP contribution in [0.5, 0.6) is 0 Å². The summed E-state index contributed by atoms with van der Waals surface area (Å²) in [6, 6.07) is 0. The van der Waals surface area contributed by atoms with E-state index in [-0.39, 0.29) is 0 Å². The maximum absolute atomic E-state index is 13.4. The van der Waals surface area contributed by atoms with E-state index in [9.17, 15) is 40.7 Å². The first-order chi connectivity index (χ1) is 12.8. The first-order valence-corrected chi connectivity index (χ1v) is 9.21. The van der Waals surface area contributed by atoms with E-state index in [0.717, 1.165) is 0 Å². The van der Waals surface area contributed by atoms with Crippen molar-refractivity contribution >= 4 is 22.1 Å². The summed E-state index contributed by atoms with van der Waals surface area (Å²) in [5, 5.41) is 16.2. The van der Waals surface area contributed by atoms with Crippen LogP contribution in [0.15, 0.2) is 0 Å². The molecule has 1 aliphatic heterocycles.